The van der Waals surface area contributed by atoms with Crippen LogP contribution in [-0.4, -0.2) is 53.5 Å². The van der Waals surface area contributed by atoms with Gasteiger partial charge in [-0.1, -0.05) is 0 Å². The first-order valence-electron chi connectivity index (χ1n) is 7.37. The van der Waals surface area contributed by atoms with Crippen LogP contribution >= 0.6 is 0 Å². The van der Waals surface area contributed by atoms with Crippen molar-refractivity contribution in [2.75, 3.05) is 25.2 Å². The summed E-state index contributed by atoms with van der Waals surface area (Å²) in [5.41, 5.74) is 0. The number of rotatable bonds is 6. The highest BCUT2D eigenvalue weighted by Gasteiger charge is 2.32. The maximum atomic E-state index is 11.8. The van der Waals surface area contributed by atoms with E-state index in [0.717, 1.165) is 0 Å². The van der Waals surface area contributed by atoms with Gasteiger partial charge in [0.2, 0.25) is 0 Å². The highest BCUT2D eigenvalue weighted by molar-refractivity contribution is 7.91. The minimum Gasteiger partial charge on any atom is -0.455 e. The average Bonchev–Trinajstić information content (AvgIpc) is 3.21. The van der Waals surface area contributed by atoms with E-state index in [2.05, 4.69) is 10.1 Å². The Morgan fingerprint density at radius 1 is 1.48 bits per heavy atom. The predicted octanol–water partition coefficient (Wildman–Crippen LogP) is 0.579. The summed E-state index contributed by atoms with van der Waals surface area (Å²) < 4.78 is 35.7. The van der Waals surface area contributed by atoms with Crippen molar-refractivity contribution in [3.8, 4) is 11.6 Å². The third-order valence-electron chi connectivity index (χ3n) is 3.80. The van der Waals surface area contributed by atoms with Gasteiger partial charge in [0.15, 0.2) is 27.2 Å². The van der Waals surface area contributed by atoms with Crippen LogP contribution in [0, 0.1) is 0 Å². The molecule has 1 atom stereocenters. The third-order valence-corrected chi connectivity index (χ3v) is 5.55. The summed E-state index contributed by atoms with van der Waals surface area (Å²) in [5, 5.41) is 13.6. The van der Waals surface area contributed by atoms with Crippen molar-refractivity contribution in [2.45, 2.75) is 25.5 Å². The molecular formula is C14H19N3O5S. The van der Waals surface area contributed by atoms with Gasteiger partial charge in [-0.05, 0) is 18.6 Å². The van der Waals surface area contributed by atoms with Gasteiger partial charge in [0.05, 0.1) is 24.2 Å². The van der Waals surface area contributed by atoms with Crippen LogP contribution in [0.5, 0.6) is 0 Å². The lowest BCUT2D eigenvalue weighted by molar-refractivity contribution is 0.200. The molecule has 1 N–H and O–H groups in total. The zero-order valence-corrected chi connectivity index (χ0v) is 13.6. The summed E-state index contributed by atoms with van der Waals surface area (Å²) in [6.07, 6.45) is 1.04. The van der Waals surface area contributed by atoms with E-state index in [1.165, 1.54) is 0 Å². The molecule has 8 nitrogen and oxygen atoms in total. The molecule has 0 saturated carbocycles. The smallest absolute Gasteiger partial charge is 0.194 e. The minimum absolute atomic E-state index is 0.0562. The number of hydrogen-bond donors (Lipinski definition) is 1. The Morgan fingerprint density at radius 2 is 2.30 bits per heavy atom. The lowest BCUT2D eigenvalue weighted by Crippen LogP contribution is -2.14. The normalized spacial score (nSPS) is 20.2. The number of nitrogens with zero attached hydrogens (tertiary/aromatic N) is 3. The number of aliphatic hydroxyl groups is 1. The SMILES string of the molecule is COCCc1nc(-c2ccc(CO)o2)n(C2CCS(=O)(=O)C2)n1. The number of ether oxygens (including phenoxy) is 1. The minimum atomic E-state index is -3.03. The average molecular weight is 341 g/mol. The molecule has 0 spiro atoms. The molecule has 126 valence electrons. The van der Waals surface area contributed by atoms with E-state index in [0.29, 0.717) is 42.6 Å². The lowest BCUT2D eigenvalue weighted by Gasteiger charge is -2.10. The van der Waals surface area contributed by atoms with Gasteiger partial charge in [0.25, 0.3) is 0 Å². The fraction of sp³-hybridized carbons (Fsp3) is 0.571. The van der Waals surface area contributed by atoms with E-state index in [4.69, 9.17) is 14.3 Å². The number of furan rings is 1. The van der Waals surface area contributed by atoms with Crippen LogP contribution in [0.1, 0.15) is 24.0 Å². The third kappa shape index (κ3) is 3.46. The van der Waals surface area contributed by atoms with Gasteiger partial charge in [-0.2, -0.15) is 5.10 Å². The maximum Gasteiger partial charge on any atom is 0.194 e. The largest absolute Gasteiger partial charge is 0.455 e. The molecule has 0 aromatic carbocycles. The molecule has 3 rings (SSSR count). The van der Waals surface area contributed by atoms with Gasteiger partial charge in [0.1, 0.15) is 12.4 Å². The van der Waals surface area contributed by atoms with E-state index < -0.39 is 9.84 Å². The van der Waals surface area contributed by atoms with E-state index >= 15 is 0 Å². The molecule has 3 heterocycles. The van der Waals surface area contributed by atoms with E-state index in [1.807, 2.05) is 0 Å². The molecule has 2 aromatic heterocycles. The van der Waals surface area contributed by atoms with Crippen molar-refractivity contribution >= 4 is 9.84 Å². The number of methoxy groups -OCH3 is 1. The number of sulfone groups is 1. The second kappa shape index (κ2) is 6.42. The fourth-order valence-corrected chi connectivity index (χ4v) is 4.33. The molecule has 1 saturated heterocycles. The molecular weight excluding hydrogens is 322 g/mol. The molecule has 9 heteroatoms. The Hall–Kier alpha value is -1.71. The van der Waals surface area contributed by atoms with Gasteiger partial charge in [-0.25, -0.2) is 18.1 Å². The molecule has 1 aliphatic heterocycles. The van der Waals surface area contributed by atoms with E-state index in [9.17, 15) is 8.42 Å². The Labute approximate surface area is 134 Å². The number of hydrogen-bond acceptors (Lipinski definition) is 7. The van der Waals surface area contributed by atoms with Gasteiger partial charge >= 0.3 is 0 Å². The zero-order valence-electron chi connectivity index (χ0n) is 12.8. The van der Waals surface area contributed by atoms with Crippen LogP contribution in [0.15, 0.2) is 16.5 Å². The number of aliphatic hydroxyl groups excluding tert-OH is 1. The van der Waals surface area contributed by atoms with Crippen molar-refractivity contribution in [1.82, 2.24) is 14.8 Å². The molecule has 0 aliphatic carbocycles. The maximum absolute atomic E-state index is 11.8. The van der Waals surface area contributed by atoms with Crippen molar-refractivity contribution in [2.24, 2.45) is 0 Å². The lowest BCUT2D eigenvalue weighted by atomic mass is 10.2. The zero-order chi connectivity index (χ0) is 16.4. The molecule has 1 unspecified atom stereocenters. The standard InChI is InChI=1S/C14H19N3O5S/c1-21-6-4-13-15-14(12-3-2-11(8-18)22-12)17(16-13)10-5-7-23(19,20)9-10/h2-3,10,18H,4-9H2,1H3. The molecule has 0 amide bonds. The summed E-state index contributed by atoms with van der Waals surface area (Å²) in [4.78, 5) is 4.46. The van der Waals surface area contributed by atoms with Crippen molar-refractivity contribution in [3.63, 3.8) is 0 Å². The van der Waals surface area contributed by atoms with Crippen molar-refractivity contribution in [1.29, 1.82) is 0 Å². The Morgan fingerprint density at radius 3 is 2.91 bits per heavy atom. The van der Waals surface area contributed by atoms with Crippen LogP contribution in [0.3, 0.4) is 0 Å². The Balaban J connectivity index is 1.97. The quantitative estimate of drug-likeness (QED) is 0.819. The van der Waals surface area contributed by atoms with Crippen LogP contribution in [0.4, 0.5) is 0 Å². The van der Waals surface area contributed by atoms with Crippen molar-refractivity contribution in [3.05, 3.63) is 23.7 Å². The Bertz CT molecular complexity index is 780. The second-order valence-electron chi connectivity index (χ2n) is 5.52. The topological polar surface area (TPSA) is 107 Å². The monoisotopic (exact) mass is 341 g/mol. The Kier molecular flexibility index (Phi) is 4.51. The molecule has 0 bridgehead atoms. The van der Waals surface area contributed by atoms with Crippen molar-refractivity contribution < 1.29 is 22.7 Å². The van der Waals surface area contributed by atoms with Crippen LogP contribution in [-0.2, 0) is 27.6 Å². The van der Waals surface area contributed by atoms with Crippen LogP contribution in [0.2, 0.25) is 0 Å². The van der Waals surface area contributed by atoms with Gasteiger partial charge in [-0.15, -0.1) is 0 Å². The molecule has 0 radical (unpaired) electrons. The van der Waals surface area contributed by atoms with Crippen LogP contribution < -0.4 is 0 Å². The van der Waals surface area contributed by atoms with Crippen LogP contribution in [0.25, 0.3) is 11.6 Å². The summed E-state index contributed by atoms with van der Waals surface area (Å²) in [6.45, 7) is 0.273. The van der Waals surface area contributed by atoms with Gasteiger partial charge in [-0.3, -0.25) is 0 Å². The second-order valence-corrected chi connectivity index (χ2v) is 7.75. The fourth-order valence-electron chi connectivity index (χ4n) is 2.64. The number of aromatic nitrogens is 3. The van der Waals surface area contributed by atoms with E-state index in [-0.39, 0.29) is 24.2 Å². The first-order chi connectivity index (χ1) is 11.0. The molecule has 1 aliphatic rings. The summed E-state index contributed by atoms with van der Waals surface area (Å²) >= 11 is 0. The van der Waals surface area contributed by atoms with E-state index in [1.54, 1.807) is 23.9 Å². The molecule has 1 fully saturated rings. The summed E-state index contributed by atoms with van der Waals surface area (Å²) in [7, 11) is -1.43. The summed E-state index contributed by atoms with van der Waals surface area (Å²) in [5.74, 6) is 2.16. The first kappa shape index (κ1) is 16.2. The highest BCUT2D eigenvalue weighted by Crippen LogP contribution is 2.29. The summed E-state index contributed by atoms with van der Waals surface area (Å²) in [6, 6.07) is 3.12. The molecule has 23 heavy (non-hydrogen) atoms. The van der Waals surface area contributed by atoms with Gasteiger partial charge in [0, 0.05) is 13.5 Å². The van der Waals surface area contributed by atoms with Gasteiger partial charge < -0.3 is 14.3 Å². The first-order valence-corrected chi connectivity index (χ1v) is 9.19. The highest BCUT2D eigenvalue weighted by atomic mass is 32.2. The predicted molar refractivity (Wildman–Crippen MR) is 81.5 cm³/mol. The molecule has 2 aromatic rings.